The van der Waals surface area contributed by atoms with Crippen molar-refractivity contribution in [3.05, 3.63) is 35.9 Å². The average molecular weight is 176 g/mol. The van der Waals surface area contributed by atoms with Crippen LogP contribution in [0.1, 0.15) is 18.4 Å². The molecule has 0 bridgehead atoms. The fraction of sp³-hybridized carbons (Fsp3) is 0.364. The first-order chi connectivity index (χ1) is 6.29. The van der Waals surface area contributed by atoms with Crippen LogP contribution in [-0.4, -0.2) is 18.5 Å². The molecule has 1 saturated heterocycles. The number of ether oxygens (including phenoxy) is 1. The Kier molecular flexibility index (Phi) is 2.15. The van der Waals surface area contributed by atoms with E-state index in [2.05, 4.69) is 0 Å². The molecule has 2 atom stereocenters. The van der Waals surface area contributed by atoms with Gasteiger partial charge >= 0.3 is 0 Å². The summed E-state index contributed by atoms with van der Waals surface area (Å²) in [5.74, 6) is 0.402. The van der Waals surface area contributed by atoms with Gasteiger partial charge in [0.2, 0.25) is 0 Å². The van der Waals surface area contributed by atoms with Crippen molar-refractivity contribution in [2.45, 2.75) is 18.9 Å². The molecule has 2 unspecified atom stereocenters. The molecule has 1 aliphatic rings. The SMILES string of the molecule is CC(=O)C1OCC1c1ccccc1. The van der Waals surface area contributed by atoms with E-state index in [0.717, 1.165) is 0 Å². The van der Waals surface area contributed by atoms with Crippen LogP contribution in [-0.2, 0) is 9.53 Å². The van der Waals surface area contributed by atoms with Crippen molar-refractivity contribution in [1.29, 1.82) is 0 Å². The second-order valence-corrected chi connectivity index (χ2v) is 3.38. The molecule has 68 valence electrons. The molecular weight excluding hydrogens is 164 g/mol. The predicted octanol–water partition coefficient (Wildman–Crippen LogP) is 1.76. The van der Waals surface area contributed by atoms with Crippen molar-refractivity contribution in [3.8, 4) is 0 Å². The van der Waals surface area contributed by atoms with Gasteiger partial charge in [0, 0.05) is 5.92 Å². The maximum atomic E-state index is 11.1. The number of rotatable bonds is 2. The largest absolute Gasteiger partial charge is 0.369 e. The zero-order valence-electron chi connectivity index (χ0n) is 7.57. The first-order valence-electron chi connectivity index (χ1n) is 4.46. The lowest BCUT2D eigenvalue weighted by Gasteiger charge is -2.35. The Labute approximate surface area is 77.5 Å². The van der Waals surface area contributed by atoms with Crippen molar-refractivity contribution in [2.75, 3.05) is 6.61 Å². The van der Waals surface area contributed by atoms with Gasteiger partial charge < -0.3 is 4.74 Å². The Bertz CT molecular complexity index is 305. The lowest BCUT2D eigenvalue weighted by atomic mass is 9.88. The summed E-state index contributed by atoms with van der Waals surface area (Å²) in [6.45, 7) is 2.26. The monoisotopic (exact) mass is 176 g/mol. The first-order valence-corrected chi connectivity index (χ1v) is 4.46. The van der Waals surface area contributed by atoms with E-state index in [1.165, 1.54) is 5.56 Å². The molecule has 2 nitrogen and oxygen atoms in total. The van der Waals surface area contributed by atoms with Gasteiger partial charge in [0.05, 0.1) is 6.61 Å². The van der Waals surface area contributed by atoms with Crippen molar-refractivity contribution in [3.63, 3.8) is 0 Å². The predicted molar refractivity (Wildman–Crippen MR) is 49.6 cm³/mol. The van der Waals surface area contributed by atoms with Crippen LogP contribution in [0.5, 0.6) is 0 Å². The van der Waals surface area contributed by atoms with E-state index in [1.807, 2.05) is 30.3 Å². The van der Waals surface area contributed by atoms with Gasteiger partial charge in [0.15, 0.2) is 5.78 Å². The molecule has 1 heterocycles. The molecular formula is C11H12O2. The van der Waals surface area contributed by atoms with Gasteiger partial charge in [-0.3, -0.25) is 4.79 Å². The second-order valence-electron chi connectivity index (χ2n) is 3.38. The van der Waals surface area contributed by atoms with Crippen molar-refractivity contribution in [1.82, 2.24) is 0 Å². The smallest absolute Gasteiger partial charge is 0.159 e. The summed E-state index contributed by atoms with van der Waals surface area (Å²) in [5.41, 5.74) is 1.20. The van der Waals surface area contributed by atoms with E-state index < -0.39 is 0 Å². The maximum absolute atomic E-state index is 11.1. The van der Waals surface area contributed by atoms with Crippen molar-refractivity contribution >= 4 is 5.78 Å². The normalized spacial score (nSPS) is 26.5. The highest BCUT2D eigenvalue weighted by molar-refractivity contribution is 5.82. The van der Waals surface area contributed by atoms with E-state index in [-0.39, 0.29) is 17.8 Å². The molecule has 2 heteroatoms. The van der Waals surface area contributed by atoms with E-state index in [9.17, 15) is 4.79 Å². The van der Waals surface area contributed by atoms with Gasteiger partial charge in [-0.05, 0) is 12.5 Å². The third-order valence-corrected chi connectivity index (χ3v) is 2.45. The number of carbonyl (C=O) groups is 1. The average Bonchev–Trinajstić information content (AvgIpc) is 2.02. The van der Waals surface area contributed by atoms with Gasteiger partial charge in [-0.1, -0.05) is 30.3 Å². The zero-order valence-corrected chi connectivity index (χ0v) is 7.57. The molecule has 13 heavy (non-hydrogen) atoms. The van der Waals surface area contributed by atoms with E-state index in [4.69, 9.17) is 4.74 Å². The van der Waals surface area contributed by atoms with Crippen molar-refractivity contribution in [2.24, 2.45) is 0 Å². The number of Topliss-reactive ketones (excluding diaryl/α,β-unsaturated/α-hetero) is 1. The number of ketones is 1. The Hall–Kier alpha value is -1.15. The highest BCUT2D eigenvalue weighted by Crippen LogP contribution is 2.31. The number of hydrogen-bond acceptors (Lipinski definition) is 2. The summed E-state index contributed by atoms with van der Waals surface area (Å²) in [5, 5.41) is 0. The Balaban J connectivity index is 2.15. The van der Waals surface area contributed by atoms with Crippen LogP contribution in [0.4, 0.5) is 0 Å². The minimum Gasteiger partial charge on any atom is -0.369 e. The summed E-state index contributed by atoms with van der Waals surface area (Å²) in [6, 6.07) is 10.0. The summed E-state index contributed by atoms with van der Waals surface area (Å²) in [6.07, 6.45) is -0.206. The van der Waals surface area contributed by atoms with Gasteiger partial charge in [-0.2, -0.15) is 0 Å². The van der Waals surface area contributed by atoms with Crippen molar-refractivity contribution < 1.29 is 9.53 Å². The molecule has 2 rings (SSSR count). The Morgan fingerprint density at radius 3 is 2.54 bits per heavy atom. The fourth-order valence-corrected chi connectivity index (χ4v) is 1.66. The molecule has 0 spiro atoms. The lowest BCUT2D eigenvalue weighted by molar-refractivity contribution is -0.145. The Morgan fingerprint density at radius 2 is 2.08 bits per heavy atom. The summed E-state index contributed by atoms with van der Waals surface area (Å²) in [4.78, 5) is 11.1. The van der Waals surface area contributed by atoms with E-state index in [0.29, 0.717) is 6.61 Å². The topological polar surface area (TPSA) is 26.3 Å². The van der Waals surface area contributed by atoms with E-state index >= 15 is 0 Å². The van der Waals surface area contributed by atoms with Crippen LogP contribution in [0.3, 0.4) is 0 Å². The van der Waals surface area contributed by atoms with Gasteiger partial charge in [0.25, 0.3) is 0 Å². The molecule has 0 aromatic heterocycles. The molecule has 0 saturated carbocycles. The highest BCUT2D eigenvalue weighted by Gasteiger charge is 2.36. The summed E-state index contributed by atoms with van der Waals surface area (Å²) in [7, 11) is 0. The second kappa shape index (κ2) is 3.30. The third-order valence-electron chi connectivity index (χ3n) is 2.45. The molecule has 1 aromatic carbocycles. The fourth-order valence-electron chi connectivity index (χ4n) is 1.66. The molecule has 1 aromatic rings. The zero-order chi connectivity index (χ0) is 9.26. The summed E-state index contributed by atoms with van der Waals surface area (Å²) < 4.78 is 5.21. The maximum Gasteiger partial charge on any atom is 0.159 e. The third kappa shape index (κ3) is 1.49. The van der Waals surface area contributed by atoms with Gasteiger partial charge in [-0.25, -0.2) is 0 Å². The van der Waals surface area contributed by atoms with Gasteiger partial charge in [0.1, 0.15) is 6.10 Å². The molecule has 0 aliphatic carbocycles. The van der Waals surface area contributed by atoms with Gasteiger partial charge in [-0.15, -0.1) is 0 Å². The highest BCUT2D eigenvalue weighted by atomic mass is 16.5. The molecule has 0 radical (unpaired) electrons. The van der Waals surface area contributed by atoms with E-state index in [1.54, 1.807) is 6.92 Å². The minimum atomic E-state index is -0.206. The number of benzene rings is 1. The quantitative estimate of drug-likeness (QED) is 0.686. The van der Waals surface area contributed by atoms with Crippen LogP contribution in [0.2, 0.25) is 0 Å². The minimum absolute atomic E-state index is 0.125. The van der Waals surface area contributed by atoms with Crippen LogP contribution in [0.25, 0.3) is 0 Å². The standard InChI is InChI=1S/C11H12O2/c1-8(12)11-10(7-13-11)9-5-3-2-4-6-9/h2-6,10-11H,7H2,1H3. The van der Waals surface area contributed by atoms with Crippen LogP contribution in [0, 0.1) is 0 Å². The molecule has 1 aliphatic heterocycles. The molecule has 0 amide bonds. The van der Waals surface area contributed by atoms with Crippen LogP contribution < -0.4 is 0 Å². The lowest BCUT2D eigenvalue weighted by Crippen LogP contribution is -2.42. The summed E-state index contributed by atoms with van der Waals surface area (Å²) >= 11 is 0. The molecule has 0 N–H and O–H groups in total. The Morgan fingerprint density at radius 1 is 1.38 bits per heavy atom. The first kappa shape index (κ1) is 8.45. The van der Waals surface area contributed by atoms with Crippen LogP contribution in [0.15, 0.2) is 30.3 Å². The number of hydrogen-bond donors (Lipinski definition) is 0. The van der Waals surface area contributed by atoms with Crippen LogP contribution >= 0.6 is 0 Å². The number of carbonyl (C=O) groups excluding carboxylic acids is 1. The molecule has 1 fully saturated rings.